The molecular weight excluding hydrogens is 427 g/mol. The van der Waals surface area contributed by atoms with Crippen LogP contribution in [-0.4, -0.2) is 69.6 Å². The molecule has 0 aromatic rings. The van der Waals surface area contributed by atoms with E-state index in [4.69, 9.17) is 16.0 Å². The summed E-state index contributed by atoms with van der Waals surface area (Å²) in [7, 11) is -2.92. The van der Waals surface area contributed by atoms with Crippen molar-refractivity contribution in [1.29, 1.82) is 0 Å². The molecule has 2 unspecified atom stereocenters. The largest absolute Gasteiger partial charge is 0.568 e. The second-order valence-corrected chi connectivity index (χ2v) is 9.30. The highest BCUT2D eigenvalue weighted by Gasteiger charge is 2.53. The third-order valence-corrected chi connectivity index (χ3v) is 6.68. The minimum atomic E-state index is -2.92. The Labute approximate surface area is 183 Å². The number of carbonyl (C=O) groups is 3. The molecule has 5 atom stereocenters. The van der Waals surface area contributed by atoms with Crippen molar-refractivity contribution in [1.82, 2.24) is 10.2 Å². The number of carboxylic acids is 1. The van der Waals surface area contributed by atoms with Gasteiger partial charge in [0, 0.05) is 13.0 Å². The average molecular weight is 463 g/mol. The van der Waals surface area contributed by atoms with E-state index in [2.05, 4.69) is 5.32 Å². The molecule has 0 aromatic heterocycles. The lowest BCUT2D eigenvalue weighted by Crippen LogP contribution is -2.52. The van der Waals surface area contributed by atoms with Crippen LogP contribution in [0.3, 0.4) is 0 Å². The van der Waals surface area contributed by atoms with Gasteiger partial charge >= 0.3 is 19.5 Å². The van der Waals surface area contributed by atoms with Crippen LogP contribution in [0.4, 0.5) is 0 Å². The number of likely N-dealkylation sites (tertiary alicyclic amines) is 1. The van der Waals surface area contributed by atoms with Crippen LogP contribution in [0.1, 0.15) is 65.2 Å². The topological polar surface area (TPSA) is 185 Å². The minimum absolute atomic E-state index is 0.0532. The molecule has 0 aromatic carbocycles. The van der Waals surface area contributed by atoms with Crippen LogP contribution in [0, 0.1) is 0 Å². The number of hydrogen-bond donors (Lipinski definition) is 5. The van der Waals surface area contributed by atoms with E-state index in [0.717, 1.165) is 0 Å². The summed E-state index contributed by atoms with van der Waals surface area (Å²) < 4.78 is 18.1. The number of carboxylic acid groups (broad SMARTS) is 1. The lowest BCUT2D eigenvalue weighted by Gasteiger charge is -2.24. The Kier molecular flexibility index (Phi) is 11.5. The van der Waals surface area contributed by atoms with Crippen molar-refractivity contribution < 1.29 is 33.7 Å². The smallest absolute Gasteiger partial charge is 0.480 e. The average Bonchev–Trinajstić information content (AvgIpc) is 3.21. The second kappa shape index (κ2) is 13.0. The first-order valence-electron chi connectivity index (χ1n) is 10.7. The van der Waals surface area contributed by atoms with Crippen LogP contribution in [0.15, 0.2) is 0 Å². The number of nitrogens with zero attached hydrogens (tertiary/aromatic N) is 1. The molecule has 0 bridgehead atoms. The summed E-state index contributed by atoms with van der Waals surface area (Å²) in [5.74, 6) is -2.42. The van der Waals surface area contributed by atoms with Crippen LogP contribution < -0.4 is 16.8 Å². The number of aliphatic hydroxyl groups is 1. The van der Waals surface area contributed by atoms with Gasteiger partial charge in [-0.3, -0.25) is 14.9 Å². The van der Waals surface area contributed by atoms with Gasteiger partial charge in [-0.15, -0.1) is 4.52 Å². The molecule has 11 nitrogen and oxygen atoms in total. The lowest BCUT2D eigenvalue weighted by molar-refractivity contribution is -0.151. The first-order valence-corrected chi connectivity index (χ1v) is 11.9. The van der Waals surface area contributed by atoms with E-state index in [-0.39, 0.29) is 13.0 Å². The van der Waals surface area contributed by atoms with Crippen LogP contribution >= 0.6 is 8.03 Å². The van der Waals surface area contributed by atoms with Crippen LogP contribution in [-0.2, 0) is 23.5 Å². The normalized spacial score (nSPS) is 20.6. The predicted octanol–water partition coefficient (Wildman–Crippen LogP) is 0.618. The fourth-order valence-electron chi connectivity index (χ4n) is 3.35. The molecule has 1 rings (SSSR count). The molecule has 1 saturated heterocycles. The zero-order valence-corrected chi connectivity index (χ0v) is 19.2. The highest BCUT2D eigenvalue weighted by atomic mass is 31.1. The Morgan fingerprint density at radius 3 is 2.58 bits per heavy atom. The summed E-state index contributed by atoms with van der Waals surface area (Å²) in [6.45, 7) is 3.93. The maximum absolute atomic E-state index is 12.9. The number of unbranched alkanes of at least 4 members (excludes halogenated alkanes) is 2. The SMILES string of the molecule is CCCC[C@@](O)(NC(=O)[C@@H](N)CCCCN)[P+](=O)OC(C)C(=O)N1CCC[C@H]1C(=O)O. The summed E-state index contributed by atoms with van der Waals surface area (Å²) >= 11 is 0. The van der Waals surface area contributed by atoms with E-state index in [1.165, 1.54) is 11.8 Å². The molecule has 2 amide bonds. The van der Waals surface area contributed by atoms with E-state index >= 15 is 0 Å². The Hall–Kier alpha value is -1.65. The second-order valence-electron chi connectivity index (χ2n) is 7.83. The maximum atomic E-state index is 12.9. The quantitative estimate of drug-likeness (QED) is 0.140. The maximum Gasteiger partial charge on any atom is 0.568 e. The molecule has 0 saturated carbocycles. The molecular formula is C19H36N4O7P+. The van der Waals surface area contributed by atoms with Gasteiger partial charge in [0.1, 0.15) is 6.04 Å². The Bertz CT molecular complexity index is 651. The minimum Gasteiger partial charge on any atom is -0.480 e. The third kappa shape index (κ3) is 8.08. The molecule has 0 spiro atoms. The van der Waals surface area contributed by atoms with Gasteiger partial charge in [-0.1, -0.05) is 19.8 Å². The van der Waals surface area contributed by atoms with E-state index in [1.807, 2.05) is 6.92 Å². The van der Waals surface area contributed by atoms with Crippen LogP contribution in [0.5, 0.6) is 0 Å². The van der Waals surface area contributed by atoms with Gasteiger partial charge in [0.25, 0.3) is 5.91 Å². The highest BCUT2D eigenvalue weighted by molar-refractivity contribution is 7.40. The standard InChI is InChI=1S/C19H35N4O7P/c1-3-4-10-19(28,22-16(24)14(21)8-5-6-11-20)31(29)30-13(2)17(25)23-12-7-9-15(23)18(26)27/h13-15,28H,3-12,20-21H2,1-2H3,(H-,22,24,26,27)/p+1/t13?,14-,15-,19-/m0/s1. The van der Waals surface area contributed by atoms with Crippen molar-refractivity contribution in [3.8, 4) is 0 Å². The number of nitrogens with one attached hydrogen (secondary N) is 1. The van der Waals surface area contributed by atoms with Crippen LogP contribution in [0.25, 0.3) is 0 Å². The van der Waals surface area contributed by atoms with Crippen molar-refractivity contribution in [3.05, 3.63) is 0 Å². The van der Waals surface area contributed by atoms with Gasteiger partial charge in [0.2, 0.25) is 5.91 Å². The number of hydrogen-bond acceptors (Lipinski definition) is 8. The monoisotopic (exact) mass is 463 g/mol. The van der Waals surface area contributed by atoms with Crippen molar-refractivity contribution >= 4 is 25.8 Å². The van der Waals surface area contributed by atoms with Crippen molar-refractivity contribution in [2.75, 3.05) is 13.1 Å². The molecule has 1 aliphatic rings. The summed E-state index contributed by atoms with van der Waals surface area (Å²) in [5, 5.41) is 22.5. The zero-order chi connectivity index (χ0) is 23.6. The van der Waals surface area contributed by atoms with Gasteiger partial charge in [-0.25, -0.2) is 4.79 Å². The van der Waals surface area contributed by atoms with Crippen molar-refractivity contribution in [2.24, 2.45) is 11.5 Å². The number of amides is 2. The summed E-state index contributed by atoms with van der Waals surface area (Å²) in [5.41, 5.74) is 9.09. The van der Waals surface area contributed by atoms with Crippen molar-refractivity contribution in [3.63, 3.8) is 0 Å². The predicted molar refractivity (Wildman–Crippen MR) is 114 cm³/mol. The Morgan fingerprint density at radius 2 is 2.00 bits per heavy atom. The van der Waals surface area contributed by atoms with Crippen molar-refractivity contribution in [2.45, 2.75) is 88.9 Å². The molecule has 12 heteroatoms. The Morgan fingerprint density at radius 1 is 1.32 bits per heavy atom. The fourth-order valence-corrected chi connectivity index (χ4v) is 4.44. The zero-order valence-electron chi connectivity index (χ0n) is 18.3. The first kappa shape index (κ1) is 27.4. The molecule has 31 heavy (non-hydrogen) atoms. The molecule has 1 aliphatic heterocycles. The van der Waals surface area contributed by atoms with E-state index in [1.54, 1.807) is 0 Å². The number of aliphatic carboxylic acids is 1. The summed E-state index contributed by atoms with van der Waals surface area (Å²) in [6, 6.07) is -1.87. The molecule has 1 heterocycles. The third-order valence-electron chi connectivity index (χ3n) is 5.23. The summed E-state index contributed by atoms with van der Waals surface area (Å²) in [6.07, 6.45) is 2.35. The number of nitrogens with two attached hydrogens (primary N) is 2. The van der Waals surface area contributed by atoms with Crippen LogP contribution in [0.2, 0.25) is 0 Å². The van der Waals surface area contributed by atoms with Gasteiger partial charge in [-0.2, -0.15) is 0 Å². The van der Waals surface area contributed by atoms with E-state index < -0.39 is 49.5 Å². The molecule has 1 fully saturated rings. The first-order chi connectivity index (χ1) is 14.6. The molecule has 178 valence electrons. The number of carbonyl (C=O) groups excluding carboxylic acids is 2. The van der Waals surface area contributed by atoms with Gasteiger partial charge in [-0.05, 0) is 50.1 Å². The fraction of sp³-hybridized carbons (Fsp3) is 0.842. The van der Waals surface area contributed by atoms with Gasteiger partial charge in [0.05, 0.1) is 6.04 Å². The molecule has 7 N–H and O–H groups in total. The number of rotatable bonds is 14. The Balaban J connectivity index is 2.82. The molecule has 0 radical (unpaired) electrons. The van der Waals surface area contributed by atoms with Gasteiger partial charge in [0.15, 0.2) is 6.10 Å². The molecule has 0 aliphatic carbocycles. The van der Waals surface area contributed by atoms with E-state index in [9.17, 15) is 29.2 Å². The van der Waals surface area contributed by atoms with E-state index in [0.29, 0.717) is 51.5 Å². The lowest BCUT2D eigenvalue weighted by atomic mass is 10.1. The van der Waals surface area contributed by atoms with Gasteiger partial charge < -0.3 is 26.6 Å². The highest BCUT2D eigenvalue weighted by Crippen LogP contribution is 2.41. The summed E-state index contributed by atoms with van der Waals surface area (Å²) in [4.78, 5) is 37.5.